The zero-order valence-electron chi connectivity index (χ0n) is 23.2. The highest BCUT2D eigenvalue weighted by molar-refractivity contribution is 6.22. The Morgan fingerprint density at radius 2 is 1.29 bits per heavy atom. The van der Waals surface area contributed by atoms with Gasteiger partial charge in [-0.15, -0.1) is 0 Å². The summed E-state index contributed by atoms with van der Waals surface area (Å²) in [7, 11) is 0. The van der Waals surface area contributed by atoms with E-state index in [4.69, 9.17) is 14.4 Å². The van der Waals surface area contributed by atoms with Crippen molar-refractivity contribution >= 4 is 65.4 Å². The maximum Gasteiger partial charge on any atom is 0.235 e. The molecule has 42 heavy (non-hydrogen) atoms. The van der Waals surface area contributed by atoms with Crippen molar-refractivity contribution in [1.29, 1.82) is 0 Å². The summed E-state index contributed by atoms with van der Waals surface area (Å²) in [6.45, 7) is 4.31. The van der Waals surface area contributed by atoms with E-state index in [1.165, 1.54) is 21.9 Å². The van der Waals surface area contributed by atoms with Crippen molar-refractivity contribution in [3.63, 3.8) is 0 Å². The Bertz CT molecular complexity index is 2540. The molecule has 198 valence electrons. The lowest BCUT2D eigenvalue weighted by Gasteiger charge is -2.13. The smallest absolute Gasteiger partial charge is 0.235 e. The number of benzene rings is 6. The zero-order valence-corrected chi connectivity index (χ0v) is 23.2. The Labute approximate surface area is 241 Å². The lowest BCUT2D eigenvalue weighted by molar-refractivity contribution is 0.669. The van der Waals surface area contributed by atoms with Crippen LogP contribution in [0, 0.1) is 13.8 Å². The molecule has 3 aromatic heterocycles. The normalized spacial score (nSPS) is 12.0. The van der Waals surface area contributed by atoms with E-state index in [0.717, 1.165) is 65.9 Å². The maximum atomic E-state index is 6.39. The molecule has 0 aliphatic heterocycles. The Hall–Kier alpha value is -5.48. The van der Waals surface area contributed by atoms with Gasteiger partial charge in [0, 0.05) is 37.9 Å². The van der Waals surface area contributed by atoms with E-state index in [0.29, 0.717) is 5.95 Å². The minimum Gasteiger partial charge on any atom is -0.456 e. The van der Waals surface area contributed by atoms with E-state index in [1.54, 1.807) is 0 Å². The van der Waals surface area contributed by atoms with E-state index >= 15 is 0 Å². The van der Waals surface area contributed by atoms with Crippen molar-refractivity contribution in [3.05, 3.63) is 126 Å². The first-order valence-electron chi connectivity index (χ1n) is 14.3. The minimum atomic E-state index is 0.657. The van der Waals surface area contributed by atoms with Crippen LogP contribution in [0.15, 0.2) is 120 Å². The second-order valence-electron chi connectivity index (χ2n) is 11.2. The molecule has 0 amide bonds. The second kappa shape index (κ2) is 8.51. The quantitative estimate of drug-likeness (QED) is 0.219. The largest absolute Gasteiger partial charge is 0.456 e. The van der Waals surface area contributed by atoms with Crippen LogP contribution in [-0.4, -0.2) is 14.5 Å². The van der Waals surface area contributed by atoms with Crippen LogP contribution in [-0.2, 0) is 0 Å². The highest BCUT2D eigenvalue weighted by atomic mass is 16.3. The van der Waals surface area contributed by atoms with Gasteiger partial charge in [-0.2, -0.15) is 0 Å². The third-order valence-corrected chi connectivity index (χ3v) is 8.56. The average molecular weight is 540 g/mol. The van der Waals surface area contributed by atoms with Crippen LogP contribution in [0.3, 0.4) is 0 Å². The van der Waals surface area contributed by atoms with E-state index in [1.807, 2.05) is 12.1 Å². The predicted octanol–water partition coefficient (Wildman–Crippen LogP) is 10.1. The summed E-state index contributed by atoms with van der Waals surface area (Å²) in [5, 5.41) is 7.94. The zero-order chi connectivity index (χ0) is 27.9. The summed E-state index contributed by atoms with van der Waals surface area (Å²) in [6, 6.07) is 40.4. The van der Waals surface area contributed by atoms with Gasteiger partial charge in [0.15, 0.2) is 0 Å². The lowest BCUT2D eigenvalue weighted by atomic mass is 10.0. The molecule has 4 heteroatoms. The fraction of sp³-hybridized carbons (Fsp3) is 0.0526. The van der Waals surface area contributed by atoms with Gasteiger partial charge in [0.1, 0.15) is 11.2 Å². The molecule has 4 nitrogen and oxygen atoms in total. The van der Waals surface area contributed by atoms with Gasteiger partial charge < -0.3 is 4.42 Å². The summed E-state index contributed by atoms with van der Waals surface area (Å²) >= 11 is 0. The summed E-state index contributed by atoms with van der Waals surface area (Å²) in [6.07, 6.45) is 0. The lowest BCUT2D eigenvalue weighted by Crippen LogP contribution is -2.04. The Morgan fingerprint density at radius 1 is 0.548 bits per heavy atom. The average Bonchev–Trinajstić information content (AvgIpc) is 3.54. The summed E-state index contributed by atoms with van der Waals surface area (Å²) < 4.78 is 8.65. The molecule has 0 N–H and O–H groups in total. The molecule has 0 radical (unpaired) electrons. The van der Waals surface area contributed by atoms with Crippen LogP contribution in [0.4, 0.5) is 0 Å². The van der Waals surface area contributed by atoms with Crippen LogP contribution in [0.1, 0.15) is 11.1 Å². The third-order valence-electron chi connectivity index (χ3n) is 8.56. The molecule has 0 atom stereocenters. The highest BCUT2D eigenvalue weighted by Crippen LogP contribution is 2.41. The van der Waals surface area contributed by atoms with E-state index < -0.39 is 0 Å². The summed E-state index contributed by atoms with van der Waals surface area (Å²) in [5.74, 6) is 0.657. The molecule has 0 unspecified atom stereocenters. The van der Waals surface area contributed by atoms with Gasteiger partial charge in [-0.1, -0.05) is 84.4 Å². The Morgan fingerprint density at radius 3 is 2.14 bits per heavy atom. The number of rotatable bonds is 2. The molecule has 3 heterocycles. The van der Waals surface area contributed by atoms with Crippen molar-refractivity contribution in [2.75, 3.05) is 0 Å². The fourth-order valence-corrected chi connectivity index (χ4v) is 6.62. The van der Waals surface area contributed by atoms with Gasteiger partial charge in [-0.3, -0.25) is 4.57 Å². The first-order valence-corrected chi connectivity index (χ1v) is 14.3. The molecule has 0 saturated carbocycles. The number of para-hydroxylation sites is 1. The summed E-state index contributed by atoms with van der Waals surface area (Å²) in [4.78, 5) is 10.5. The number of fused-ring (bicyclic) bond motifs is 9. The van der Waals surface area contributed by atoms with Gasteiger partial charge in [-0.05, 0) is 61.2 Å². The number of aryl methyl sites for hydroxylation is 2. The van der Waals surface area contributed by atoms with Crippen molar-refractivity contribution in [3.8, 4) is 17.2 Å². The molecule has 0 spiro atoms. The SMILES string of the molecule is Cc1ccc2oc3cc4c5cc(C)c6ccccc6c5n(-c5nc(-c6ccccc6)c6ccccc6n5)c4cc3c2c1. The van der Waals surface area contributed by atoms with E-state index in [2.05, 4.69) is 122 Å². The van der Waals surface area contributed by atoms with E-state index in [9.17, 15) is 0 Å². The first kappa shape index (κ1) is 23.2. The summed E-state index contributed by atoms with van der Waals surface area (Å²) in [5.41, 5.74) is 9.30. The van der Waals surface area contributed by atoms with Crippen molar-refractivity contribution in [2.45, 2.75) is 13.8 Å². The number of hydrogen-bond donors (Lipinski definition) is 0. The number of hydrogen-bond acceptors (Lipinski definition) is 3. The predicted molar refractivity (Wildman–Crippen MR) is 174 cm³/mol. The molecule has 9 aromatic rings. The molecule has 9 rings (SSSR count). The van der Waals surface area contributed by atoms with Crippen molar-refractivity contribution < 1.29 is 4.42 Å². The van der Waals surface area contributed by atoms with Crippen LogP contribution >= 0.6 is 0 Å². The van der Waals surface area contributed by atoms with Gasteiger partial charge in [-0.25, -0.2) is 9.97 Å². The number of furan rings is 1. The molecule has 0 aliphatic rings. The third kappa shape index (κ3) is 3.23. The number of nitrogens with zero attached hydrogens (tertiary/aromatic N) is 3. The van der Waals surface area contributed by atoms with Crippen LogP contribution in [0.2, 0.25) is 0 Å². The molecular weight excluding hydrogens is 514 g/mol. The maximum absolute atomic E-state index is 6.39. The Kier molecular flexibility index (Phi) is 4.71. The van der Waals surface area contributed by atoms with Crippen molar-refractivity contribution in [2.24, 2.45) is 0 Å². The first-order chi connectivity index (χ1) is 20.6. The molecule has 0 saturated heterocycles. The highest BCUT2D eigenvalue weighted by Gasteiger charge is 2.21. The van der Waals surface area contributed by atoms with E-state index in [-0.39, 0.29) is 0 Å². The standard InChI is InChI=1S/C38H25N3O/c1-22-16-17-34-29(18-22)30-20-33-28(21-35(30)42-34)31-19-23(2)25-12-6-7-13-26(25)37(31)41(33)38-39-32-15-9-8-14-27(32)36(40-38)24-10-4-3-5-11-24/h3-21H,1-2H3. The van der Waals surface area contributed by atoms with Crippen LogP contribution < -0.4 is 0 Å². The van der Waals surface area contributed by atoms with Crippen LogP contribution in [0.25, 0.3) is 82.6 Å². The minimum absolute atomic E-state index is 0.657. The second-order valence-corrected chi connectivity index (χ2v) is 11.2. The molecule has 0 fully saturated rings. The molecular formula is C38H25N3O. The van der Waals surface area contributed by atoms with Gasteiger partial charge in [0.05, 0.1) is 22.2 Å². The monoisotopic (exact) mass is 539 g/mol. The fourth-order valence-electron chi connectivity index (χ4n) is 6.62. The Balaban J connectivity index is 1.50. The van der Waals surface area contributed by atoms with Gasteiger partial charge >= 0.3 is 0 Å². The van der Waals surface area contributed by atoms with Gasteiger partial charge in [0.2, 0.25) is 5.95 Å². The molecule has 0 bridgehead atoms. The number of aromatic nitrogens is 3. The van der Waals surface area contributed by atoms with Gasteiger partial charge in [0.25, 0.3) is 0 Å². The topological polar surface area (TPSA) is 43.9 Å². The molecule has 6 aromatic carbocycles. The van der Waals surface area contributed by atoms with Crippen molar-refractivity contribution in [1.82, 2.24) is 14.5 Å². The molecule has 0 aliphatic carbocycles. The van der Waals surface area contributed by atoms with Crippen LogP contribution in [0.5, 0.6) is 0 Å².